The predicted octanol–water partition coefficient (Wildman–Crippen LogP) is -0.406. The van der Waals surface area contributed by atoms with Crippen molar-refractivity contribution in [1.29, 1.82) is 0 Å². The zero-order chi connectivity index (χ0) is 16.0. The van der Waals surface area contributed by atoms with Crippen molar-refractivity contribution in [2.45, 2.75) is 32.7 Å². The van der Waals surface area contributed by atoms with Crippen molar-refractivity contribution < 1.29 is 19.1 Å². The van der Waals surface area contributed by atoms with E-state index in [-0.39, 0.29) is 30.8 Å². The van der Waals surface area contributed by atoms with E-state index >= 15 is 0 Å². The number of ether oxygens (including phenoxy) is 1. The molecule has 0 spiro atoms. The minimum absolute atomic E-state index is 0.0886. The second-order valence-corrected chi connectivity index (χ2v) is 5.64. The third-order valence-corrected chi connectivity index (χ3v) is 3.48. The summed E-state index contributed by atoms with van der Waals surface area (Å²) >= 11 is 0. The lowest BCUT2D eigenvalue weighted by atomic mass is 10.1. The fraction of sp³-hybridized carbons (Fsp3) is 0.786. The SMILES string of the molecule is COC(=O)CN(CC(C)C)C(=O)[C@@H]1CCCN1C(=O)CN. The van der Waals surface area contributed by atoms with E-state index < -0.39 is 12.0 Å². The van der Waals surface area contributed by atoms with E-state index in [4.69, 9.17) is 5.73 Å². The molecular formula is C14H25N3O4. The highest BCUT2D eigenvalue weighted by Crippen LogP contribution is 2.20. The summed E-state index contributed by atoms with van der Waals surface area (Å²) in [5.41, 5.74) is 5.38. The van der Waals surface area contributed by atoms with Crippen molar-refractivity contribution >= 4 is 17.8 Å². The Hall–Kier alpha value is -1.63. The Labute approximate surface area is 125 Å². The molecule has 1 aliphatic rings. The van der Waals surface area contributed by atoms with Crippen LogP contribution in [-0.2, 0) is 19.1 Å². The summed E-state index contributed by atoms with van der Waals surface area (Å²) in [6, 6.07) is -0.510. The van der Waals surface area contributed by atoms with Crippen LogP contribution < -0.4 is 5.73 Å². The zero-order valence-corrected chi connectivity index (χ0v) is 13.0. The topological polar surface area (TPSA) is 92.9 Å². The molecule has 7 nitrogen and oxygen atoms in total. The molecule has 1 atom stereocenters. The van der Waals surface area contributed by atoms with Gasteiger partial charge >= 0.3 is 5.97 Å². The number of methoxy groups -OCH3 is 1. The number of hydrogen-bond acceptors (Lipinski definition) is 5. The molecule has 2 amide bonds. The molecule has 2 N–H and O–H groups in total. The third-order valence-electron chi connectivity index (χ3n) is 3.48. The van der Waals surface area contributed by atoms with Gasteiger partial charge < -0.3 is 20.3 Å². The summed E-state index contributed by atoms with van der Waals surface area (Å²) in [4.78, 5) is 38.9. The number of carbonyl (C=O) groups excluding carboxylic acids is 3. The van der Waals surface area contributed by atoms with Crippen LogP contribution in [0.3, 0.4) is 0 Å². The van der Waals surface area contributed by atoms with E-state index in [2.05, 4.69) is 4.74 Å². The first-order chi connectivity index (χ1) is 9.90. The van der Waals surface area contributed by atoms with Gasteiger partial charge in [0.15, 0.2) is 0 Å². The Morgan fingerprint density at radius 3 is 2.57 bits per heavy atom. The van der Waals surface area contributed by atoms with Crippen LogP contribution in [0.4, 0.5) is 0 Å². The number of nitrogens with zero attached hydrogens (tertiary/aromatic N) is 2. The summed E-state index contributed by atoms with van der Waals surface area (Å²) in [6.07, 6.45) is 1.39. The fourth-order valence-corrected chi connectivity index (χ4v) is 2.54. The molecule has 0 aromatic rings. The summed E-state index contributed by atoms with van der Waals surface area (Å²) in [6.45, 7) is 4.74. The van der Waals surface area contributed by atoms with Crippen molar-refractivity contribution in [3.8, 4) is 0 Å². The largest absolute Gasteiger partial charge is 0.468 e. The maximum absolute atomic E-state index is 12.6. The first-order valence-electron chi connectivity index (χ1n) is 7.25. The second-order valence-electron chi connectivity index (χ2n) is 5.64. The van der Waals surface area contributed by atoms with Crippen molar-refractivity contribution in [3.05, 3.63) is 0 Å². The van der Waals surface area contributed by atoms with E-state index in [0.29, 0.717) is 19.5 Å². The Morgan fingerprint density at radius 2 is 2.05 bits per heavy atom. The van der Waals surface area contributed by atoms with Crippen LogP contribution in [0.5, 0.6) is 0 Å². The highest BCUT2D eigenvalue weighted by Gasteiger charge is 2.36. The van der Waals surface area contributed by atoms with Crippen LogP contribution >= 0.6 is 0 Å². The van der Waals surface area contributed by atoms with Crippen LogP contribution in [0.15, 0.2) is 0 Å². The van der Waals surface area contributed by atoms with Gasteiger partial charge in [-0.2, -0.15) is 0 Å². The molecule has 1 heterocycles. The smallest absolute Gasteiger partial charge is 0.325 e. The molecule has 0 aliphatic carbocycles. The van der Waals surface area contributed by atoms with Crippen LogP contribution in [-0.4, -0.2) is 66.9 Å². The van der Waals surface area contributed by atoms with Gasteiger partial charge in [0.05, 0.1) is 13.7 Å². The van der Waals surface area contributed by atoms with Gasteiger partial charge in [0.2, 0.25) is 11.8 Å². The number of amides is 2. The van der Waals surface area contributed by atoms with E-state index in [1.807, 2.05) is 13.8 Å². The molecule has 0 radical (unpaired) electrons. The van der Waals surface area contributed by atoms with E-state index in [1.165, 1.54) is 16.9 Å². The minimum atomic E-state index is -0.510. The molecule has 21 heavy (non-hydrogen) atoms. The summed E-state index contributed by atoms with van der Waals surface area (Å²) in [5.74, 6) is -0.667. The Morgan fingerprint density at radius 1 is 1.38 bits per heavy atom. The maximum atomic E-state index is 12.6. The van der Waals surface area contributed by atoms with Crippen molar-refractivity contribution in [2.75, 3.05) is 33.3 Å². The van der Waals surface area contributed by atoms with E-state index in [9.17, 15) is 14.4 Å². The van der Waals surface area contributed by atoms with Crippen LogP contribution in [0.2, 0.25) is 0 Å². The Balaban J connectivity index is 2.82. The van der Waals surface area contributed by atoms with Crippen LogP contribution in [0, 0.1) is 5.92 Å². The molecule has 0 unspecified atom stereocenters. The van der Waals surface area contributed by atoms with E-state index in [1.54, 1.807) is 0 Å². The average Bonchev–Trinajstić information content (AvgIpc) is 2.93. The number of likely N-dealkylation sites (tertiary alicyclic amines) is 1. The first-order valence-corrected chi connectivity index (χ1v) is 7.25. The maximum Gasteiger partial charge on any atom is 0.325 e. The van der Waals surface area contributed by atoms with Gasteiger partial charge in [-0.15, -0.1) is 0 Å². The van der Waals surface area contributed by atoms with Crippen molar-refractivity contribution in [2.24, 2.45) is 11.7 Å². The normalized spacial score (nSPS) is 18.0. The lowest BCUT2D eigenvalue weighted by Gasteiger charge is -2.30. The quantitative estimate of drug-likeness (QED) is 0.673. The summed E-state index contributed by atoms with van der Waals surface area (Å²) in [7, 11) is 1.29. The molecule has 0 aromatic carbocycles. The van der Waals surface area contributed by atoms with Crippen molar-refractivity contribution in [3.63, 3.8) is 0 Å². The highest BCUT2D eigenvalue weighted by atomic mass is 16.5. The minimum Gasteiger partial charge on any atom is -0.468 e. The molecule has 0 aromatic heterocycles. The predicted molar refractivity (Wildman–Crippen MR) is 77.2 cm³/mol. The molecule has 120 valence electrons. The molecule has 7 heteroatoms. The number of nitrogens with two attached hydrogens (primary N) is 1. The van der Waals surface area contributed by atoms with Gasteiger partial charge in [0.1, 0.15) is 12.6 Å². The molecule has 0 saturated carbocycles. The Kier molecular flexibility index (Phi) is 6.61. The van der Waals surface area contributed by atoms with Gasteiger partial charge in [-0.05, 0) is 18.8 Å². The van der Waals surface area contributed by atoms with Crippen molar-refractivity contribution in [1.82, 2.24) is 9.80 Å². The average molecular weight is 299 g/mol. The molecule has 1 aliphatic heterocycles. The second kappa shape index (κ2) is 7.97. The number of rotatable bonds is 6. The van der Waals surface area contributed by atoms with Crippen LogP contribution in [0.1, 0.15) is 26.7 Å². The van der Waals surface area contributed by atoms with Gasteiger partial charge in [-0.1, -0.05) is 13.8 Å². The van der Waals surface area contributed by atoms with Gasteiger partial charge in [0.25, 0.3) is 0 Å². The van der Waals surface area contributed by atoms with Gasteiger partial charge in [0, 0.05) is 13.1 Å². The standard InChI is InChI=1S/C14H25N3O4/c1-10(2)8-16(9-13(19)21-3)14(20)11-5-4-6-17(11)12(18)7-15/h10-11H,4-9,15H2,1-3H3/t11-/m0/s1. The number of esters is 1. The molecular weight excluding hydrogens is 274 g/mol. The monoisotopic (exact) mass is 299 g/mol. The molecule has 1 saturated heterocycles. The summed E-state index contributed by atoms with van der Waals surface area (Å²) < 4.78 is 4.64. The highest BCUT2D eigenvalue weighted by molar-refractivity contribution is 5.90. The molecule has 1 rings (SSSR count). The lowest BCUT2D eigenvalue weighted by Crippen LogP contribution is -2.51. The fourth-order valence-electron chi connectivity index (χ4n) is 2.54. The van der Waals surface area contributed by atoms with Gasteiger partial charge in [-0.25, -0.2) is 0 Å². The third kappa shape index (κ3) is 4.70. The number of hydrogen-bond donors (Lipinski definition) is 1. The Bertz CT molecular complexity index is 398. The van der Waals surface area contributed by atoms with Gasteiger partial charge in [-0.3, -0.25) is 14.4 Å². The summed E-state index contributed by atoms with van der Waals surface area (Å²) in [5, 5.41) is 0. The first kappa shape index (κ1) is 17.4. The lowest BCUT2D eigenvalue weighted by molar-refractivity contribution is -0.150. The molecule has 1 fully saturated rings. The zero-order valence-electron chi connectivity index (χ0n) is 13.0. The number of carbonyl (C=O) groups is 3. The molecule has 0 bridgehead atoms. The van der Waals surface area contributed by atoms with Crippen LogP contribution in [0.25, 0.3) is 0 Å². The van der Waals surface area contributed by atoms with E-state index in [0.717, 1.165) is 6.42 Å².